The number of rotatable bonds is 3. The molecule has 0 atom stereocenters. The molecule has 76 valence electrons. The van der Waals surface area contributed by atoms with Crippen LogP contribution in [0, 0.1) is 0 Å². The fourth-order valence-corrected chi connectivity index (χ4v) is 1.21. The molecule has 0 unspecified atom stereocenters. The van der Waals surface area contributed by atoms with E-state index >= 15 is 0 Å². The summed E-state index contributed by atoms with van der Waals surface area (Å²) in [7, 11) is 0. The Kier molecular flexibility index (Phi) is 2.45. The Morgan fingerprint density at radius 3 is 3.07 bits per heavy atom. The molecule has 0 aliphatic rings. The van der Waals surface area contributed by atoms with Crippen LogP contribution >= 0.6 is 0 Å². The molecular weight excluding hydrogens is 196 g/mol. The summed E-state index contributed by atoms with van der Waals surface area (Å²) < 4.78 is 5.12. The Bertz CT molecular complexity index is 465. The molecule has 0 aromatic carbocycles. The minimum absolute atomic E-state index is 0.131. The van der Waals surface area contributed by atoms with Crippen molar-refractivity contribution in [2.75, 3.05) is 0 Å². The van der Waals surface area contributed by atoms with E-state index in [0.717, 1.165) is 5.76 Å². The third kappa shape index (κ3) is 2.19. The van der Waals surface area contributed by atoms with Gasteiger partial charge in [-0.2, -0.15) is 10.2 Å². The van der Waals surface area contributed by atoms with Gasteiger partial charge < -0.3 is 9.52 Å². The lowest BCUT2D eigenvalue weighted by atomic mass is 10.2. The second kappa shape index (κ2) is 3.91. The Morgan fingerprint density at radius 2 is 2.40 bits per heavy atom. The summed E-state index contributed by atoms with van der Waals surface area (Å²) in [4.78, 5) is 10.7. The SMILES string of the molecule is O=C(O)c1cnnc(Cc2ccco2)c1. The van der Waals surface area contributed by atoms with Crippen molar-refractivity contribution in [3.63, 3.8) is 0 Å². The molecule has 2 rings (SSSR count). The topological polar surface area (TPSA) is 76.2 Å². The summed E-state index contributed by atoms with van der Waals surface area (Å²) in [5.74, 6) is -0.280. The summed E-state index contributed by atoms with van der Waals surface area (Å²) in [6.07, 6.45) is 3.22. The van der Waals surface area contributed by atoms with Gasteiger partial charge in [0.1, 0.15) is 5.76 Å². The van der Waals surface area contributed by atoms with Gasteiger partial charge in [-0.15, -0.1) is 0 Å². The maximum absolute atomic E-state index is 10.7. The van der Waals surface area contributed by atoms with Crippen molar-refractivity contribution in [3.05, 3.63) is 47.7 Å². The van der Waals surface area contributed by atoms with E-state index < -0.39 is 5.97 Å². The van der Waals surface area contributed by atoms with Crippen molar-refractivity contribution in [1.82, 2.24) is 10.2 Å². The standard InChI is InChI=1S/C10H8N2O3/c13-10(14)7-4-8(12-11-6-7)5-9-2-1-3-15-9/h1-4,6H,5H2,(H,13,14). The van der Waals surface area contributed by atoms with Crippen molar-refractivity contribution >= 4 is 5.97 Å². The molecule has 2 aromatic rings. The van der Waals surface area contributed by atoms with Gasteiger partial charge in [0.05, 0.1) is 30.1 Å². The summed E-state index contributed by atoms with van der Waals surface area (Å²) in [5, 5.41) is 16.2. The molecular formula is C10H8N2O3. The molecule has 0 aliphatic heterocycles. The molecule has 0 saturated carbocycles. The van der Waals surface area contributed by atoms with E-state index in [0.29, 0.717) is 12.1 Å². The van der Waals surface area contributed by atoms with E-state index in [1.54, 1.807) is 18.4 Å². The highest BCUT2D eigenvalue weighted by Crippen LogP contribution is 2.08. The number of hydrogen-bond donors (Lipinski definition) is 1. The zero-order chi connectivity index (χ0) is 10.7. The van der Waals surface area contributed by atoms with E-state index in [2.05, 4.69) is 10.2 Å². The van der Waals surface area contributed by atoms with Crippen LogP contribution < -0.4 is 0 Å². The van der Waals surface area contributed by atoms with Gasteiger partial charge in [-0.3, -0.25) is 0 Å². The molecule has 0 bridgehead atoms. The van der Waals surface area contributed by atoms with Crippen LogP contribution in [0.1, 0.15) is 21.8 Å². The van der Waals surface area contributed by atoms with E-state index in [-0.39, 0.29) is 5.56 Å². The predicted octanol–water partition coefficient (Wildman–Crippen LogP) is 1.36. The molecule has 2 heterocycles. The molecule has 0 fully saturated rings. The fraction of sp³-hybridized carbons (Fsp3) is 0.100. The van der Waals surface area contributed by atoms with Gasteiger partial charge in [0.25, 0.3) is 0 Å². The average molecular weight is 204 g/mol. The van der Waals surface area contributed by atoms with E-state index in [4.69, 9.17) is 9.52 Å². The smallest absolute Gasteiger partial charge is 0.337 e. The maximum atomic E-state index is 10.7. The van der Waals surface area contributed by atoms with Crippen molar-refractivity contribution in [1.29, 1.82) is 0 Å². The third-order valence-electron chi connectivity index (χ3n) is 1.89. The third-order valence-corrected chi connectivity index (χ3v) is 1.89. The molecule has 0 radical (unpaired) electrons. The highest BCUT2D eigenvalue weighted by atomic mass is 16.4. The predicted molar refractivity (Wildman–Crippen MR) is 50.5 cm³/mol. The first kappa shape index (κ1) is 9.39. The highest BCUT2D eigenvalue weighted by molar-refractivity contribution is 5.87. The minimum Gasteiger partial charge on any atom is -0.478 e. The Morgan fingerprint density at radius 1 is 1.53 bits per heavy atom. The molecule has 2 aromatic heterocycles. The lowest BCUT2D eigenvalue weighted by molar-refractivity contribution is 0.0696. The van der Waals surface area contributed by atoms with E-state index in [1.165, 1.54) is 12.3 Å². The monoisotopic (exact) mass is 204 g/mol. The van der Waals surface area contributed by atoms with Crippen LogP contribution in [-0.4, -0.2) is 21.3 Å². The van der Waals surface area contributed by atoms with Crippen molar-refractivity contribution in [2.24, 2.45) is 0 Å². The fourth-order valence-electron chi connectivity index (χ4n) is 1.21. The number of furan rings is 1. The summed E-state index contributed by atoms with van der Waals surface area (Å²) in [6, 6.07) is 5.05. The minimum atomic E-state index is -1.01. The maximum Gasteiger partial charge on any atom is 0.337 e. The molecule has 5 heteroatoms. The van der Waals surface area contributed by atoms with Gasteiger partial charge in [0.15, 0.2) is 0 Å². The van der Waals surface area contributed by atoms with Crippen molar-refractivity contribution < 1.29 is 14.3 Å². The average Bonchev–Trinajstić information content (AvgIpc) is 2.71. The van der Waals surface area contributed by atoms with Crippen LogP contribution in [0.25, 0.3) is 0 Å². The van der Waals surface area contributed by atoms with E-state index in [9.17, 15) is 4.79 Å². The molecule has 5 nitrogen and oxygen atoms in total. The number of carbonyl (C=O) groups is 1. The number of aromatic nitrogens is 2. The molecule has 0 amide bonds. The van der Waals surface area contributed by atoms with Crippen molar-refractivity contribution in [2.45, 2.75) is 6.42 Å². The second-order valence-corrected chi connectivity index (χ2v) is 3.00. The highest BCUT2D eigenvalue weighted by Gasteiger charge is 2.06. The van der Waals surface area contributed by atoms with Gasteiger partial charge in [-0.1, -0.05) is 0 Å². The summed E-state index contributed by atoms with van der Waals surface area (Å²) in [5.41, 5.74) is 0.705. The van der Waals surface area contributed by atoms with Crippen LogP contribution in [0.15, 0.2) is 35.1 Å². The van der Waals surface area contributed by atoms with Gasteiger partial charge in [0, 0.05) is 0 Å². The van der Waals surface area contributed by atoms with Crippen LogP contribution in [-0.2, 0) is 6.42 Å². The Balaban J connectivity index is 2.22. The quantitative estimate of drug-likeness (QED) is 0.816. The van der Waals surface area contributed by atoms with Crippen LogP contribution in [0.5, 0.6) is 0 Å². The summed E-state index contributed by atoms with van der Waals surface area (Å²) in [6.45, 7) is 0. The number of hydrogen-bond acceptors (Lipinski definition) is 4. The molecule has 1 N–H and O–H groups in total. The molecule has 15 heavy (non-hydrogen) atoms. The second-order valence-electron chi connectivity index (χ2n) is 3.00. The van der Waals surface area contributed by atoms with Gasteiger partial charge in [0.2, 0.25) is 0 Å². The first-order valence-electron chi connectivity index (χ1n) is 4.33. The van der Waals surface area contributed by atoms with E-state index in [1.807, 2.05) is 0 Å². The zero-order valence-corrected chi connectivity index (χ0v) is 7.75. The normalized spacial score (nSPS) is 10.1. The first-order valence-corrected chi connectivity index (χ1v) is 4.33. The lowest BCUT2D eigenvalue weighted by Gasteiger charge is -1.97. The largest absolute Gasteiger partial charge is 0.478 e. The summed E-state index contributed by atoms with van der Waals surface area (Å²) >= 11 is 0. The first-order chi connectivity index (χ1) is 7.25. The van der Waals surface area contributed by atoms with Gasteiger partial charge in [-0.05, 0) is 18.2 Å². The van der Waals surface area contributed by atoms with Gasteiger partial charge >= 0.3 is 5.97 Å². The molecule has 0 spiro atoms. The van der Waals surface area contributed by atoms with Crippen LogP contribution in [0.4, 0.5) is 0 Å². The van der Waals surface area contributed by atoms with Crippen molar-refractivity contribution in [3.8, 4) is 0 Å². The number of nitrogens with zero attached hydrogens (tertiary/aromatic N) is 2. The Hall–Kier alpha value is -2.17. The molecule has 0 saturated heterocycles. The Labute approximate surface area is 85.4 Å². The number of aromatic carboxylic acids is 1. The zero-order valence-electron chi connectivity index (χ0n) is 7.75. The number of carboxylic acids is 1. The lowest BCUT2D eigenvalue weighted by Crippen LogP contribution is -2.01. The van der Waals surface area contributed by atoms with Crippen LogP contribution in [0.3, 0.4) is 0 Å². The van der Waals surface area contributed by atoms with Crippen LogP contribution in [0.2, 0.25) is 0 Å². The molecule has 0 aliphatic carbocycles. The number of carboxylic acid groups (broad SMARTS) is 1. The van der Waals surface area contributed by atoms with Gasteiger partial charge in [-0.25, -0.2) is 4.79 Å².